The molecule has 0 spiro atoms. The zero-order valence-corrected chi connectivity index (χ0v) is 11.3. The van der Waals surface area contributed by atoms with Crippen molar-refractivity contribution in [1.29, 1.82) is 0 Å². The van der Waals surface area contributed by atoms with Gasteiger partial charge in [0.2, 0.25) is 0 Å². The SMILES string of the molecule is c1ccc(C2C3CCC(C3)C2N=C2CCCO2)cc1. The predicted octanol–water partition coefficient (Wildman–Crippen LogP) is 3.78. The molecule has 2 aliphatic carbocycles. The Balaban J connectivity index is 1.66. The lowest BCUT2D eigenvalue weighted by Gasteiger charge is -2.29. The van der Waals surface area contributed by atoms with Gasteiger partial charge >= 0.3 is 0 Å². The lowest BCUT2D eigenvalue weighted by Crippen LogP contribution is -2.25. The fraction of sp³-hybridized carbons (Fsp3) is 0.588. The first-order valence-electron chi connectivity index (χ1n) is 7.66. The molecule has 100 valence electrons. The van der Waals surface area contributed by atoms with Crippen LogP contribution in [0.25, 0.3) is 0 Å². The molecule has 0 aromatic heterocycles. The fourth-order valence-corrected chi connectivity index (χ4v) is 4.35. The largest absolute Gasteiger partial charge is 0.481 e. The van der Waals surface area contributed by atoms with Gasteiger partial charge in [-0.3, -0.25) is 4.99 Å². The maximum atomic E-state index is 5.66. The molecule has 0 radical (unpaired) electrons. The van der Waals surface area contributed by atoms with Crippen LogP contribution in [0.4, 0.5) is 0 Å². The highest BCUT2D eigenvalue weighted by Gasteiger charge is 2.48. The molecule has 3 fully saturated rings. The highest BCUT2D eigenvalue weighted by molar-refractivity contribution is 5.77. The number of hydrogen-bond acceptors (Lipinski definition) is 2. The summed E-state index contributed by atoms with van der Waals surface area (Å²) in [5.74, 6) is 3.31. The molecule has 2 heteroatoms. The summed E-state index contributed by atoms with van der Waals surface area (Å²) in [7, 11) is 0. The van der Waals surface area contributed by atoms with E-state index in [0.717, 1.165) is 37.2 Å². The lowest BCUT2D eigenvalue weighted by molar-refractivity contribution is 0.325. The topological polar surface area (TPSA) is 21.6 Å². The summed E-state index contributed by atoms with van der Waals surface area (Å²) < 4.78 is 5.66. The van der Waals surface area contributed by atoms with E-state index in [2.05, 4.69) is 30.3 Å². The van der Waals surface area contributed by atoms with Crippen LogP contribution in [0.5, 0.6) is 0 Å². The molecule has 2 bridgehead atoms. The Morgan fingerprint density at radius 3 is 2.68 bits per heavy atom. The third kappa shape index (κ3) is 1.98. The van der Waals surface area contributed by atoms with Crippen molar-refractivity contribution in [3.63, 3.8) is 0 Å². The Morgan fingerprint density at radius 1 is 1.05 bits per heavy atom. The van der Waals surface area contributed by atoms with E-state index >= 15 is 0 Å². The van der Waals surface area contributed by atoms with Crippen LogP contribution in [0.3, 0.4) is 0 Å². The summed E-state index contributed by atoms with van der Waals surface area (Å²) in [4.78, 5) is 5.01. The molecular formula is C17H21NO. The van der Waals surface area contributed by atoms with Crippen LogP contribution in [0, 0.1) is 11.8 Å². The van der Waals surface area contributed by atoms with Crippen LogP contribution in [0.1, 0.15) is 43.6 Å². The zero-order valence-electron chi connectivity index (χ0n) is 11.3. The average Bonchev–Trinajstić information content (AvgIpc) is 3.16. The smallest absolute Gasteiger partial charge is 0.183 e. The van der Waals surface area contributed by atoms with Gasteiger partial charge in [0, 0.05) is 12.3 Å². The first-order chi connectivity index (χ1) is 9.42. The van der Waals surface area contributed by atoms with Crippen molar-refractivity contribution in [2.24, 2.45) is 16.8 Å². The van der Waals surface area contributed by atoms with Crippen LogP contribution in [0.2, 0.25) is 0 Å². The number of hydrogen-bond donors (Lipinski definition) is 0. The van der Waals surface area contributed by atoms with Crippen molar-refractivity contribution < 1.29 is 4.74 Å². The quantitative estimate of drug-likeness (QED) is 0.788. The molecule has 1 aromatic rings. The van der Waals surface area contributed by atoms with Crippen LogP contribution < -0.4 is 0 Å². The Labute approximate surface area is 114 Å². The van der Waals surface area contributed by atoms with E-state index in [0.29, 0.717) is 12.0 Å². The minimum Gasteiger partial charge on any atom is -0.481 e. The molecule has 0 N–H and O–H groups in total. The minimum absolute atomic E-state index is 0.481. The monoisotopic (exact) mass is 255 g/mol. The predicted molar refractivity (Wildman–Crippen MR) is 76.4 cm³/mol. The molecule has 4 atom stereocenters. The van der Waals surface area contributed by atoms with Crippen molar-refractivity contribution in [2.75, 3.05) is 6.61 Å². The second-order valence-electron chi connectivity index (χ2n) is 6.24. The highest BCUT2D eigenvalue weighted by atomic mass is 16.5. The van der Waals surface area contributed by atoms with E-state index in [1.807, 2.05) is 0 Å². The molecule has 2 nitrogen and oxygen atoms in total. The van der Waals surface area contributed by atoms with Gasteiger partial charge in [0.05, 0.1) is 12.6 Å². The summed E-state index contributed by atoms with van der Waals surface area (Å²) in [6.45, 7) is 0.871. The first kappa shape index (κ1) is 11.5. The summed E-state index contributed by atoms with van der Waals surface area (Å²) in [5.41, 5.74) is 1.49. The Bertz CT molecular complexity index is 473. The molecular weight excluding hydrogens is 234 g/mol. The minimum atomic E-state index is 0.481. The van der Waals surface area contributed by atoms with E-state index in [1.165, 1.54) is 24.8 Å². The molecule has 1 saturated heterocycles. The number of benzene rings is 1. The zero-order chi connectivity index (χ0) is 12.7. The number of nitrogens with zero attached hydrogens (tertiary/aromatic N) is 1. The van der Waals surface area contributed by atoms with Gasteiger partial charge in [0.15, 0.2) is 5.90 Å². The van der Waals surface area contributed by atoms with Gasteiger partial charge in [-0.15, -0.1) is 0 Å². The third-order valence-corrected chi connectivity index (χ3v) is 5.15. The maximum Gasteiger partial charge on any atom is 0.183 e. The van der Waals surface area contributed by atoms with Crippen molar-refractivity contribution >= 4 is 5.90 Å². The van der Waals surface area contributed by atoms with E-state index in [9.17, 15) is 0 Å². The summed E-state index contributed by atoms with van der Waals surface area (Å²) in [6.07, 6.45) is 6.34. The Kier molecular flexibility index (Phi) is 2.82. The van der Waals surface area contributed by atoms with Crippen LogP contribution in [-0.2, 0) is 4.74 Å². The van der Waals surface area contributed by atoms with Gasteiger partial charge in [-0.2, -0.15) is 0 Å². The van der Waals surface area contributed by atoms with Gasteiger partial charge in [-0.25, -0.2) is 0 Å². The second kappa shape index (κ2) is 4.66. The highest BCUT2D eigenvalue weighted by Crippen LogP contribution is 2.54. The van der Waals surface area contributed by atoms with Gasteiger partial charge < -0.3 is 4.74 Å². The standard InChI is InChI=1S/C17H21NO/c1-2-5-12(6-3-1)16-13-8-9-14(11-13)17(16)18-15-7-4-10-19-15/h1-3,5-6,13-14,16-17H,4,7-11H2. The van der Waals surface area contributed by atoms with Crippen molar-refractivity contribution in [3.8, 4) is 0 Å². The molecule has 4 unspecified atom stereocenters. The van der Waals surface area contributed by atoms with Crippen molar-refractivity contribution in [3.05, 3.63) is 35.9 Å². The van der Waals surface area contributed by atoms with Gasteiger partial charge in [-0.1, -0.05) is 30.3 Å². The summed E-state index contributed by atoms with van der Waals surface area (Å²) in [5, 5.41) is 0. The molecule has 19 heavy (non-hydrogen) atoms. The number of rotatable bonds is 2. The average molecular weight is 255 g/mol. The molecule has 0 amide bonds. The number of aliphatic imine (C=N–C) groups is 1. The lowest BCUT2D eigenvalue weighted by atomic mass is 9.80. The normalized spacial score (nSPS) is 38.8. The van der Waals surface area contributed by atoms with E-state index in [4.69, 9.17) is 9.73 Å². The Morgan fingerprint density at radius 2 is 1.89 bits per heavy atom. The molecule has 3 aliphatic rings. The van der Waals surface area contributed by atoms with Crippen molar-refractivity contribution in [1.82, 2.24) is 0 Å². The second-order valence-corrected chi connectivity index (χ2v) is 6.24. The third-order valence-electron chi connectivity index (χ3n) is 5.15. The Hall–Kier alpha value is -1.31. The molecule has 1 aliphatic heterocycles. The maximum absolute atomic E-state index is 5.66. The van der Waals surface area contributed by atoms with Crippen molar-refractivity contribution in [2.45, 2.75) is 44.1 Å². The molecule has 4 rings (SSSR count). The molecule has 1 heterocycles. The van der Waals surface area contributed by atoms with E-state index < -0.39 is 0 Å². The van der Waals surface area contributed by atoms with Crippen LogP contribution in [-0.4, -0.2) is 18.5 Å². The van der Waals surface area contributed by atoms with Gasteiger partial charge in [0.25, 0.3) is 0 Å². The molecule has 1 aromatic carbocycles. The van der Waals surface area contributed by atoms with Crippen LogP contribution >= 0.6 is 0 Å². The van der Waals surface area contributed by atoms with E-state index in [1.54, 1.807) is 0 Å². The number of fused-ring (bicyclic) bond motifs is 2. The van der Waals surface area contributed by atoms with E-state index in [-0.39, 0.29) is 0 Å². The molecule has 2 saturated carbocycles. The van der Waals surface area contributed by atoms with Gasteiger partial charge in [-0.05, 0) is 43.1 Å². The van der Waals surface area contributed by atoms with Crippen LogP contribution in [0.15, 0.2) is 35.3 Å². The fourth-order valence-electron chi connectivity index (χ4n) is 4.35. The number of ether oxygens (including phenoxy) is 1. The van der Waals surface area contributed by atoms with Gasteiger partial charge in [0.1, 0.15) is 0 Å². The summed E-state index contributed by atoms with van der Waals surface area (Å²) >= 11 is 0. The first-order valence-corrected chi connectivity index (χ1v) is 7.66. The summed E-state index contributed by atoms with van der Waals surface area (Å²) in [6, 6.07) is 11.5.